The molecule has 2 N–H and O–H groups in total. The molecule has 0 radical (unpaired) electrons. The van der Waals surface area contributed by atoms with E-state index >= 15 is 0 Å². The molecule has 0 bridgehead atoms. The number of phenols is 1. The van der Waals surface area contributed by atoms with Crippen LogP contribution in [0, 0.1) is 0 Å². The van der Waals surface area contributed by atoms with Crippen molar-refractivity contribution in [3.05, 3.63) is 82.4 Å². The van der Waals surface area contributed by atoms with Crippen molar-refractivity contribution in [2.75, 3.05) is 4.90 Å². The zero-order valence-corrected chi connectivity index (χ0v) is 15.0. The molecule has 3 aromatic carbocycles. The fourth-order valence-corrected chi connectivity index (χ4v) is 3.35. The summed E-state index contributed by atoms with van der Waals surface area (Å²) in [7, 11) is 0. The van der Waals surface area contributed by atoms with E-state index in [2.05, 4.69) is 4.90 Å². The highest BCUT2D eigenvalue weighted by molar-refractivity contribution is 6.31. The number of ether oxygens (including phenoxy) is 1. The Kier molecular flexibility index (Phi) is 4.38. The zero-order valence-electron chi connectivity index (χ0n) is 14.2. The predicted molar refractivity (Wildman–Crippen MR) is 103 cm³/mol. The third kappa shape index (κ3) is 3.41. The van der Waals surface area contributed by atoms with Gasteiger partial charge in [0.15, 0.2) is 5.75 Å². The van der Waals surface area contributed by atoms with Gasteiger partial charge in [0.1, 0.15) is 17.1 Å². The third-order valence-corrected chi connectivity index (χ3v) is 4.72. The Hall–Kier alpha value is -3.18. The molecular weight excluding hydrogens is 366 g/mol. The van der Waals surface area contributed by atoms with Crippen LogP contribution in [0.15, 0.2) is 60.7 Å². The Bertz CT molecular complexity index is 1030. The van der Waals surface area contributed by atoms with Crippen LogP contribution in [0.4, 0.5) is 5.69 Å². The summed E-state index contributed by atoms with van der Waals surface area (Å²) >= 11 is 6.20. The van der Waals surface area contributed by atoms with Gasteiger partial charge in [-0.15, -0.1) is 0 Å². The van der Waals surface area contributed by atoms with Gasteiger partial charge < -0.3 is 19.8 Å². The second kappa shape index (κ2) is 6.85. The summed E-state index contributed by atoms with van der Waals surface area (Å²) in [4.78, 5) is 13.4. The third-order valence-electron chi connectivity index (χ3n) is 4.48. The lowest BCUT2D eigenvalue weighted by Crippen LogP contribution is -2.21. The molecule has 0 unspecified atom stereocenters. The van der Waals surface area contributed by atoms with Crippen molar-refractivity contribution in [1.82, 2.24) is 0 Å². The summed E-state index contributed by atoms with van der Waals surface area (Å²) in [5.74, 6) is 0.0451. The molecule has 0 aliphatic carbocycles. The highest BCUT2D eigenvalue weighted by Crippen LogP contribution is 2.41. The van der Waals surface area contributed by atoms with E-state index in [4.69, 9.17) is 16.3 Å². The number of carboxylic acid groups (broad SMARTS) is 1. The first-order valence-corrected chi connectivity index (χ1v) is 8.74. The normalized spacial score (nSPS) is 12.6. The molecule has 0 aromatic heterocycles. The lowest BCUT2D eigenvalue weighted by Gasteiger charge is -2.24. The average molecular weight is 382 g/mol. The first-order chi connectivity index (χ1) is 13.0. The maximum absolute atomic E-state index is 11.3. The summed E-state index contributed by atoms with van der Waals surface area (Å²) in [5, 5.41) is 19.6. The number of hydrogen-bond donors (Lipinski definition) is 2. The fourth-order valence-electron chi connectivity index (χ4n) is 3.18. The second-order valence-corrected chi connectivity index (χ2v) is 6.77. The van der Waals surface area contributed by atoms with E-state index in [1.165, 1.54) is 12.1 Å². The molecule has 5 nitrogen and oxygen atoms in total. The van der Waals surface area contributed by atoms with Gasteiger partial charge in [0.2, 0.25) is 0 Å². The van der Waals surface area contributed by atoms with Crippen LogP contribution in [-0.4, -0.2) is 16.2 Å². The van der Waals surface area contributed by atoms with E-state index in [1.54, 1.807) is 12.1 Å². The summed E-state index contributed by atoms with van der Waals surface area (Å²) in [5.41, 5.74) is 2.48. The first kappa shape index (κ1) is 17.2. The van der Waals surface area contributed by atoms with Crippen LogP contribution in [0.1, 0.15) is 21.5 Å². The van der Waals surface area contributed by atoms with Gasteiger partial charge in [0.25, 0.3) is 0 Å². The largest absolute Gasteiger partial charge is 0.507 e. The van der Waals surface area contributed by atoms with E-state index in [-0.39, 0.29) is 11.3 Å². The van der Waals surface area contributed by atoms with Crippen LogP contribution in [-0.2, 0) is 13.1 Å². The van der Waals surface area contributed by atoms with Crippen LogP contribution in [0.2, 0.25) is 5.02 Å². The predicted octanol–water partition coefficient (Wildman–Crippen LogP) is 5.06. The lowest BCUT2D eigenvalue weighted by atomic mass is 10.1. The monoisotopic (exact) mass is 381 g/mol. The molecule has 4 rings (SSSR count). The number of fused-ring (bicyclic) bond motifs is 2. The van der Waals surface area contributed by atoms with Gasteiger partial charge in [0, 0.05) is 23.7 Å². The van der Waals surface area contributed by atoms with Gasteiger partial charge in [-0.05, 0) is 42.0 Å². The molecule has 0 atom stereocenters. The minimum absolute atomic E-state index is 0.120. The van der Waals surface area contributed by atoms with Crippen LogP contribution >= 0.6 is 11.6 Å². The first-order valence-electron chi connectivity index (χ1n) is 8.37. The van der Waals surface area contributed by atoms with Crippen molar-refractivity contribution in [3.8, 4) is 17.2 Å². The molecule has 136 valence electrons. The molecule has 0 fully saturated rings. The lowest BCUT2D eigenvalue weighted by molar-refractivity contribution is 0.0693. The summed E-state index contributed by atoms with van der Waals surface area (Å²) in [6, 6.07) is 17.8. The van der Waals surface area contributed by atoms with Gasteiger partial charge in [-0.2, -0.15) is 0 Å². The second-order valence-electron chi connectivity index (χ2n) is 6.33. The molecule has 3 aromatic rings. The molecule has 1 heterocycles. The summed E-state index contributed by atoms with van der Waals surface area (Å²) in [6.07, 6.45) is 0. The maximum atomic E-state index is 11.3. The Morgan fingerprint density at radius 2 is 1.89 bits per heavy atom. The SMILES string of the molecule is O=C(O)c1cc(CN2Cc3ccccc3Oc3ccc(Cl)cc32)ccc1O. The van der Waals surface area contributed by atoms with Crippen molar-refractivity contribution in [2.24, 2.45) is 0 Å². The Morgan fingerprint density at radius 1 is 1.07 bits per heavy atom. The van der Waals surface area contributed by atoms with Crippen LogP contribution in [0.25, 0.3) is 0 Å². The number of aromatic carboxylic acids is 1. The summed E-state index contributed by atoms with van der Waals surface area (Å²) < 4.78 is 6.07. The standard InChI is InChI=1S/C21H16ClNO4/c22-15-6-8-20-17(10-15)23(12-14-3-1-2-4-19(14)27-20)11-13-5-7-18(24)16(9-13)21(25)26/h1-10,24H,11-12H2,(H,25,26). The number of anilines is 1. The van der Waals surface area contributed by atoms with E-state index in [1.807, 2.05) is 36.4 Å². The number of carboxylic acids is 1. The molecule has 0 spiro atoms. The fraction of sp³-hybridized carbons (Fsp3) is 0.0952. The molecule has 0 saturated carbocycles. The Balaban J connectivity index is 1.76. The molecule has 0 saturated heterocycles. The number of aromatic hydroxyl groups is 1. The molecule has 6 heteroatoms. The van der Waals surface area contributed by atoms with E-state index in [0.717, 1.165) is 22.6 Å². The zero-order chi connectivity index (χ0) is 19.0. The highest BCUT2D eigenvalue weighted by atomic mass is 35.5. The van der Waals surface area contributed by atoms with Crippen molar-refractivity contribution >= 4 is 23.3 Å². The van der Waals surface area contributed by atoms with Gasteiger partial charge in [-0.3, -0.25) is 0 Å². The number of halogens is 1. The minimum atomic E-state index is -1.16. The molecule has 27 heavy (non-hydrogen) atoms. The average Bonchev–Trinajstić information content (AvgIpc) is 2.79. The molecule has 1 aliphatic heterocycles. The highest BCUT2D eigenvalue weighted by Gasteiger charge is 2.22. The number of hydrogen-bond acceptors (Lipinski definition) is 4. The number of carbonyl (C=O) groups is 1. The van der Waals surface area contributed by atoms with Crippen molar-refractivity contribution < 1.29 is 19.7 Å². The Morgan fingerprint density at radius 3 is 2.70 bits per heavy atom. The Labute approximate surface area is 161 Å². The van der Waals surface area contributed by atoms with E-state index in [0.29, 0.717) is 23.9 Å². The maximum Gasteiger partial charge on any atom is 0.339 e. The van der Waals surface area contributed by atoms with Crippen LogP contribution in [0.3, 0.4) is 0 Å². The molecule has 1 aliphatic rings. The number of benzene rings is 3. The minimum Gasteiger partial charge on any atom is -0.507 e. The van der Waals surface area contributed by atoms with Crippen molar-refractivity contribution in [2.45, 2.75) is 13.1 Å². The number of para-hydroxylation sites is 1. The topological polar surface area (TPSA) is 70.0 Å². The molecule has 0 amide bonds. The molecular formula is C21H16ClNO4. The van der Waals surface area contributed by atoms with Gasteiger partial charge in [-0.1, -0.05) is 35.9 Å². The number of nitrogens with zero attached hydrogens (tertiary/aromatic N) is 1. The quantitative estimate of drug-likeness (QED) is 0.663. The van der Waals surface area contributed by atoms with E-state index < -0.39 is 5.97 Å². The van der Waals surface area contributed by atoms with Crippen LogP contribution in [0.5, 0.6) is 17.2 Å². The van der Waals surface area contributed by atoms with Gasteiger partial charge in [-0.25, -0.2) is 4.79 Å². The van der Waals surface area contributed by atoms with Crippen molar-refractivity contribution in [3.63, 3.8) is 0 Å². The summed E-state index contributed by atoms with van der Waals surface area (Å²) in [6.45, 7) is 1.01. The van der Waals surface area contributed by atoms with Crippen LogP contribution < -0.4 is 9.64 Å². The smallest absolute Gasteiger partial charge is 0.339 e. The van der Waals surface area contributed by atoms with Gasteiger partial charge in [0.05, 0.1) is 5.69 Å². The number of rotatable bonds is 3. The van der Waals surface area contributed by atoms with E-state index in [9.17, 15) is 15.0 Å². The van der Waals surface area contributed by atoms with Gasteiger partial charge >= 0.3 is 5.97 Å². The van der Waals surface area contributed by atoms with Crippen molar-refractivity contribution in [1.29, 1.82) is 0 Å².